The zero-order chi connectivity index (χ0) is 18.6. The topological polar surface area (TPSA) is 82.1 Å². The maximum atomic E-state index is 12.6. The highest BCUT2D eigenvalue weighted by molar-refractivity contribution is 6.31. The molecule has 5 rings (SSSR count). The van der Waals surface area contributed by atoms with Crippen molar-refractivity contribution < 1.29 is 9.90 Å². The smallest absolute Gasteiger partial charge is 0.254 e. The summed E-state index contributed by atoms with van der Waals surface area (Å²) < 4.78 is 0. The van der Waals surface area contributed by atoms with Crippen LogP contribution in [0, 0.1) is 0 Å². The molecule has 1 aromatic carbocycles. The van der Waals surface area contributed by atoms with E-state index in [1.165, 1.54) is 0 Å². The minimum absolute atomic E-state index is 0.0443. The van der Waals surface area contributed by atoms with Gasteiger partial charge in [-0.15, -0.1) is 0 Å². The second-order valence-electron chi connectivity index (χ2n) is 6.85. The second-order valence-corrected chi connectivity index (χ2v) is 7.28. The Morgan fingerprint density at radius 3 is 2.59 bits per heavy atom. The number of benzene rings is 1. The van der Waals surface area contributed by atoms with Gasteiger partial charge in [0.15, 0.2) is 0 Å². The number of aliphatic hydroxyl groups is 1. The normalized spacial score (nSPS) is 17.8. The van der Waals surface area contributed by atoms with Crippen LogP contribution >= 0.6 is 11.6 Å². The summed E-state index contributed by atoms with van der Waals surface area (Å²) in [7, 11) is 0. The predicted octanol–water partition coefficient (Wildman–Crippen LogP) is 2.82. The molecular formula is C20H15ClN4O2. The van der Waals surface area contributed by atoms with Gasteiger partial charge in [-0.25, -0.2) is 0 Å². The van der Waals surface area contributed by atoms with Gasteiger partial charge in [-0.05, 0) is 47.6 Å². The molecule has 1 amide bonds. The summed E-state index contributed by atoms with van der Waals surface area (Å²) in [4.78, 5) is 18.4. The van der Waals surface area contributed by atoms with Crippen molar-refractivity contribution in [2.45, 2.75) is 5.60 Å². The molecule has 1 fully saturated rings. The van der Waals surface area contributed by atoms with E-state index in [1.54, 1.807) is 59.9 Å². The van der Waals surface area contributed by atoms with E-state index in [0.717, 1.165) is 22.0 Å². The lowest BCUT2D eigenvalue weighted by Crippen LogP contribution is -2.29. The Labute approximate surface area is 159 Å². The number of H-pyrrole nitrogens is 1. The zero-order valence-electron chi connectivity index (χ0n) is 14.2. The first-order valence-corrected chi connectivity index (χ1v) is 8.90. The maximum absolute atomic E-state index is 12.6. The molecule has 0 atom stereocenters. The average Bonchev–Trinajstić information content (AvgIpc) is 3.34. The third kappa shape index (κ3) is 2.57. The monoisotopic (exact) mass is 378 g/mol. The Morgan fingerprint density at radius 2 is 1.89 bits per heavy atom. The van der Waals surface area contributed by atoms with Gasteiger partial charge >= 0.3 is 0 Å². The van der Waals surface area contributed by atoms with Crippen LogP contribution in [0.2, 0.25) is 5.02 Å². The molecule has 1 saturated heterocycles. The molecule has 0 unspecified atom stereocenters. The molecule has 7 heteroatoms. The van der Waals surface area contributed by atoms with Crippen LogP contribution in [0.5, 0.6) is 0 Å². The van der Waals surface area contributed by atoms with Gasteiger partial charge < -0.3 is 10.0 Å². The van der Waals surface area contributed by atoms with E-state index in [4.69, 9.17) is 11.6 Å². The number of aromatic amines is 1. The van der Waals surface area contributed by atoms with Crippen molar-refractivity contribution in [1.29, 1.82) is 0 Å². The molecule has 27 heavy (non-hydrogen) atoms. The van der Waals surface area contributed by atoms with Crippen molar-refractivity contribution in [3.63, 3.8) is 0 Å². The molecule has 0 bridgehead atoms. The summed E-state index contributed by atoms with van der Waals surface area (Å²) in [6, 6.07) is 6.95. The minimum Gasteiger partial charge on any atom is -0.377 e. The van der Waals surface area contributed by atoms with Gasteiger partial charge in [-0.2, -0.15) is 5.10 Å². The van der Waals surface area contributed by atoms with Gasteiger partial charge in [0.05, 0.1) is 11.7 Å². The van der Waals surface area contributed by atoms with Gasteiger partial charge in [0.25, 0.3) is 5.91 Å². The number of carbonyl (C=O) groups excluding carboxylic acids is 1. The molecule has 0 radical (unpaired) electrons. The summed E-state index contributed by atoms with van der Waals surface area (Å²) in [5.41, 5.74) is 2.71. The molecule has 3 aromatic rings. The van der Waals surface area contributed by atoms with Crippen LogP contribution in [-0.4, -0.2) is 44.2 Å². The van der Waals surface area contributed by atoms with Crippen molar-refractivity contribution >= 4 is 28.4 Å². The second kappa shape index (κ2) is 5.77. The Bertz CT molecular complexity index is 1110. The van der Waals surface area contributed by atoms with Crippen molar-refractivity contribution in [3.05, 3.63) is 82.3 Å². The molecule has 3 heterocycles. The minimum atomic E-state index is -1.26. The van der Waals surface area contributed by atoms with Crippen molar-refractivity contribution in [3.8, 4) is 0 Å². The standard InChI is InChI=1S/C20H15ClN4O2/c21-15-5-17(16-9-23-24-18(16)6-15)20(27)7-13-10-25(11-14(13)8-20)19(26)12-1-3-22-4-2-12/h1-9,27H,10-11H2,(H,23,24). The first-order valence-electron chi connectivity index (χ1n) is 8.52. The van der Waals surface area contributed by atoms with E-state index >= 15 is 0 Å². The van der Waals surface area contributed by atoms with Gasteiger partial charge in [0, 0.05) is 47.0 Å². The number of rotatable bonds is 2. The number of amides is 1. The molecule has 2 aromatic heterocycles. The number of fused-ring (bicyclic) bond motifs is 2. The number of nitrogens with zero attached hydrogens (tertiary/aromatic N) is 3. The fourth-order valence-electron chi connectivity index (χ4n) is 3.84. The van der Waals surface area contributed by atoms with E-state index in [-0.39, 0.29) is 5.91 Å². The summed E-state index contributed by atoms with van der Waals surface area (Å²) >= 11 is 6.22. The molecule has 0 spiro atoms. The van der Waals surface area contributed by atoms with Gasteiger partial charge in [-0.1, -0.05) is 11.6 Å². The molecule has 1 aliphatic heterocycles. The lowest BCUT2D eigenvalue weighted by atomic mass is 9.92. The zero-order valence-corrected chi connectivity index (χ0v) is 14.9. The Morgan fingerprint density at radius 1 is 1.19 bits per heavy atom. The van der Waals surface area contributed by atoms with Crippen molar-refractivity contribution in [2.75, 3.05) is 13.1 Å². The van der Waals surface area contributed by atoms with Crippen LogP contribution in [0.15, 0.2) is 66.2 Å². The molecule has 134 valence electrons. The van der Waals surface area contributed by atoms with E-state index in [2.05, 4.69) is 15.2 Å². The largest absolute Gasteiger partial charge is 0.377 e. The van der Waals surface area contributed by atoms with Crippen LogP contribution in [0.1, 0.15) is 15.9 Å². The highest BCUT2D eigenvalue weighted by Crippen LogP contribution is 2.42. The predicted molar refractivity (Wildman–Crippen MR) is 101 cm³/mol. The number of aromatic nitrogens is 3. The van der Waals surface area contributed by atoms with Crippen molar-refractivity contribution in [1.82, 2.24) is 20.1 Å². The molecule has 2 N–H and O–H groups in total. The SMILES string of the molecule is O=C(c1ccncc1)N1CC2=CC(O)(c3cc(Cl)cc4[nH]ncc34)C=C2C1. The molecule has 6 nitrogen and oxygen atoms in total. The van der Waals surface area contributed by atoms with Crippen LogP contribution in [0.3, 0.4) is 0 Å². The molecule has 1 aliphatic carbocycles. The first-order chi connectivity index (χ1) is 13.0. The maximum Gasteiger partial charge on any atom is 0.254 e. The Balaban J connectivity index is 1.48. The van der Waals surface area contributed by atoms with Crippen molar-refractivity contribution in [2.24, 2.45) is 0 Å². The van der Waals surface area contributed by atoms with Gasteiger partial charge in [0.1, 0.15) is 5.60 Å². The lowest BCUT2D eigenvalue weighted by Gasteiger charge is -2.22. The number of likely N-dealkylation sites (tertiary alicyclic amines) is 1. The quantitative estimate of drug-likeness (QED) is 0.718. The number of carbonyl (C=O) groups is 1. The number of halogens is 1. The first kappa shape index (κ1) is 16.2. The Kier molecular flexibility index (Phi) is 3.47. The van der Waals surface area contributed by atoms with E-state index < -0.39 is 5.60 Å². The number of pyridine rings is 1. The molecule has 0 saturated carbocycles. The van der Waals surface area contributed by atoms with Crippen LogP contribution < -0.4 is 0 Å². The summed E-state index contributed by atoms with van der Waals surface area (Å²) in [6.07, 6.45) is 8.51. The summed E-state index contributed by atoms with van der Waals surface area (Å²) in [5, 5.41) is 19.6. The third-order valence-electron chi connectivity index (χ3n) is 5.09. The van der Waals surface area contributed by atoms with E-state index in [0.29, 0.717) is 29.2 Å². The highest BCUT2D eigenvalue weighted by Gasteiger charge is 2.38. The van der Waals surface area contributed by atoms with E-state index in [1.807, 2.05) is 0 Å². The fourth-order valence-corrected chi connectivity index (χ4v) is 4.06. The summed E-state index contributed by atoms with van der Waals surface area (Å²) in [6.45, 7) is 0.925. The number of nitrogens with one attached hydrogen (secondary N) is 1. The van der Waals surface area contributed by atoms with Gasteiger partial charge in [0.2, 0.25) is 0 Å². The third-order valence-corrected chi connectivity index (χ3v) is 5.31. The lowest BCUT2D eigenvalue weighted by molar-refractivity contribution is 0.0797. The Hall–Kier alpha value is -2.96. The van der Waals surface area contributed by atoms with Crippen LogP contribution in [0.25, 0.3) is 10.9 Å². The number of hydrogen-bond acceptors (Lipinski definition) is 4. The fraction of sp³-hybridized carbons (Fsp3) is 0.150. The highest BCUT2D eigenvalue weighted by atomic mass is 35.5. The van der Waals surface area contributed by atoms with Crippen LogP contribution in [0.4, 0.5) is 0 Å². The molecular weight excluding hydrogens is 364 g/mol. The summed E-state index contributed by atoms with van der Waals surface area (Å²) in [5.74, 6) is -0.0443. The van der Waals surface area contributed by atoms with E-state index in [9.17, 15) is 9.90 Å². The molecule has 2 aliphatic rings. The van der Waals surface area contributed by atoms with Gasteiger partial charge in [-0.3, -0.25) is 14.9 Å². The van der Waals surface area contributed by atoms with Crippen LogP contribution in [-0.2, 0) is 5.60 Å². The average molecular weight is 379 g/mol. The number of hydrogen-bond donors (Lipinski definition) is 2.